The molecule has 0 atom stereocenters. The van der Waals surface area contributed by atoms with Crippen molar-refractivity contribution in [3.8, 4) is 10.4 Å². The van der Waals surface area contributed by atoms with Crippen molar-refractivity contribution in [3.63, 3.8) is 0 Å². The molecule has 1 aromatic carbocycles. The number of piperazine rings is 1. The molecular weight excluding hydrogens is 377 g/mol. The van der Waals surface area contributed by atoms with Crippen molar-refractivity contribution in [1.29, 1.82) is 0 Å². The molecule has 3 heterocycles. The second-order valence-electron chi connectivity index (χ2n) is 7.32. The van der Waals surface area contributed by atoms with E-state index in [1.807, 2.05) is 17.0 Å². The first-order chi connectivity index (χ1) is 13.7. The minimum atomic E-state index is -0.203. The van der Waals surface area contributed by atoms with Gasteiger partial charge in [0, 0.05) is 55.6 Å². The van der Waals surface area contributed by atoms with Crippen LogP contribution >= 0.6 is 11.3 Å². The van der Waals surface area contributed by atoms with Gasteiger partial charge in [0.15, 0.2) is 0 Å². The summed E-state index contributed by atoms with van der Waals surface area (Å²) in [5, 5.41) is 0. The summed E-state index contributed by atoms with van der Waals surface area (Å²) in [4.78, 5) is 21.5. The first-order valence-corrected chi connectivity index (χ1v) is 10.6. The summed E-state index contributed by atoms with van der Waals surface area (Å²) >= 11 is 1.77. The van der Waals surface area contributed by atoms with Crippen LogP contribution in [0.3, 0.4) is 0 Å². The average Bonchev–Trinajstić information content (AvgIpc) is 3.19. The normalized spacial score (nSPS) is 19.1. The van der Waals surface area contributed by atoms with Gasteiger partial charge in [0.25, 0.3) is 0 Å². The number of morpholine rings is 1. The van der Waals surface area contributed by atoms with Gasteiger partial charge in [0.2, 0.25) is 5.91 Å². The van der Waals surface area contributed by atoms with Crippen molar-refractivity contribution in [3.05, 3.63) is 47.1 Å². The van der Waals surface area contributed by atoms with Gasteiger partial charge < -0.3 is 9.64 Å². The number of carbonyl (C=O) groups excluding carboxylic acids is 1. The predicted molar refractivity (Wildman–Crippen MR) is 109 cm³/mol. The van der Waals surface area contributed by atoms with E-state index in [9.17, 15) is 9.18 Å². The topological polar surface area (TPSA) is 36.0 Å². The number of ether oxygens (including phenoxy) is 1. The summed E-state index contributed by atoms with van der Waals surface area (Å²) in [7, 11) is 0. The zero-order valence-corrected chi connectivity index (χ0v) is 16.8. The summed E-state index contributed by atoms with van der Waals surface area (Å²) in [5.41, 5.74) is 1.06. The molecular formula is C21H26FN3O2S. The van der Waals surface area contributed by atoms with E-state index in [1.165, 1.54) is 21.9 Å². The third kappa shape index (κ3) is 4.97. The molecule has 2 aliphatic heterocycles. The summed E-state index contributed by atoms with van der Waals surface area (Å²) in [6.45, 7) is 7.97. The van der Waals surface area contributed by atoms with Crippen LogP contribution in [0.2, 0.25) is 0 Å². The molecule has 0 spiro atoms. The predicted octanol–water partition coefficient (Wildman–Crippen LogP) is 2.53. The van der Waals surface area contributed by atoms with Gasteiger partial charge in [-0.2, -0.15) is 0 Å². The van der Waals surface area contributed by atoms with Crippen LogP contribution in [0.4, 0.5) is 4.39 Å². The van der Waals surface area contributed by atoms with E-state index < -0.39 is 0 Å². The molecule has 28 heavy (non-hydrogen) atoms. The molecule has 4 rings (SSSR count). The van der Waals surface area contributed by atoms with Crippen LogP contribution < -0.4 is 0 Å². The quantitative estimate of drug-likeness (QED) is 0.769. The molecule has 0 bridgehead atoms. The lowest BCUT2D eigenvalue weighted by Crippen LogP contribution is -2.51. The Morgan fingerprint density at radius 2 is 1.61 bits per heavy atom. The Hall–Kier alpha value is -1.80. The maximum Gasteiger partial charge on any atom is 0.236 e. The molecule has 7 heteroatoms. The van der Waals surface area contributed by atoms with Crippen LogP contribution in [-0.4, -0.2) is 79.6 Å². The van der Waals surface area contributed by atoms with E-state index in [-0.39, 0.29) is 11.7 Å². The van der Waals surface area contributed by atoms with Crippen molar-refractivity contribution < 1.29 is 13.9 Å². The van der Waals surface area contributed by atoms with Gasteiger partial charge in [-0.05, 0) is 29.8 Å². The highest BCUT2D eigenvalue weighted by atomic mass is 32.1. The molecule has 2 aliphatic rings. The van der Waals surface area contributed by atoms with E-state index >= 15 is 0 Å². The summed E-state index contributed by atoms with van der Waals surface area (Å²) in [5.74, 6) is 0.0180. The average molecular weight is 404 g/mol. The fourth-order valence-corrected chi connectivity index (χ4v) is 4.72. The number of hydrogen-bond acceptors (Lipinski definition) is 5. The number of hydrogen-bond donors (Lipinski definition) is 0. The van der Waals surface area contributed by atoms with Gasteiger partial charge in [0.1, 0.15) is 5.82 Å². The summed E-state index contributed by atoms with van der Waals surface area (Å²) in [6, 6.07) is 10.9. The molecule has 5 nitrogen and oxygen atoms in total. The Morgan fingerprint density at radius 3 is 2.32 bits per heavy atom. The lowest BCUT2D eigenvalue weighted by molar-refractivity contribution is -0.136. The molecule has 0 aliphatic carbocycles. The number of carbonyl (C=O) groups is 1. The number of nitrogens with zero attached hydrogens (tertiary/aromatic N) is 3. The first kappa shape index (κ1) is 19.5. The van der Waals surface area contributed by atoms with E-state index in [1.54, 1.807) is 11.3 Å². The minimum absolute atomic E-state index is 0.203. The van der Waals surface area contributed by atoms with E-state index in [2.05, 4.69) is 21.9 Å². The van der Waals surface area contributed by atoms with Crippen LogP contribution in [0.1, 0.15) is 4.88 Å². The van der Waals surface area contributed by atoms with Crippen molar-refractivity contribution in [1.82, 2.24) is 14.7 Å². The highest BCUT2D eigenvalue weighted by molar-refractivity contribution is 7.15. The zero-order chi connectivity index (χ0) is 19.3. The zero-order valence-electron chi connectivity index (χ0n) is 16.0. The van der Waals surface area contributed by atoms with Gasteiger partial charge in [-0.15, -0.1) is 11.3 Å². The van der Waals surface area contributed by atoms with Gasteiger partial charge in [0.05, 0.1) is 19.8 Å². The van der Waals surface area contributed by atoms with Gasteiger partial charge in [-0.1, -0.05) is 12.1 Å². The van der Waals surface area contributed by atoms with Crippen LogP contribution in [0.15, 0.2) is 36.4 Å². The molecule has 0 radical (unpaired) electrons. The third-order valence-corrected chi connectivity index (χ3v) is 6.48. The van der Waals surface area contributed by atoms with E-state index in [0.717, 1.165) is 38.3 Å². The molecule has 1 aromatic heterocycles. The Morgan fingerprint density at radius 1 is 0.929 bits per heavy atom. The van der Waals surface area contributed by atoms with Gasteiger partial charge in [-0.25, -0.2) is 4.39 Å². The van der Waals surface area contributed by atoms with Crippen LogP contribution in [0.25, 0.3) is 10.4 Å². The lowest BCUT2D eigenvalue weighted by atomic mass is 10.2. The molecule has 1 amide bonds. The Kier molecular flexibility index (Phi) is 6.36. The molecule has 2 fully saturated rings. The number of amides is 1. The Balaban J connectivity index is 1.24. The number of rotatable bonds is 5. The second kappa shape index (κ2) is 9.13. The Bertz CT molecular complexity index is 781. The second-order valence-corrected chi connectivity index (χ2v) is 8.49. The molecule has 2 saturated heterocycles. The summed E-state index contributed by atoms with van der Waals surface area (Å²) in [6.07, 6.45) is 0. The summed E-state index contributed by atoms with van der Waals surface area (Å²) < 4.78 is 18.4. The lowest BCUT2D eigenvalue weighted by Gasteiger charge is -2.35. The highest BCUT2D eigenvalue weighted by Gasteiger charge is 2.23. The SMILES string of the molecule is O=C(CN1CCN(Cc2ccc(-c3ccc(F)cc3)s2)CC1)N1CCOCC1. The number of halogens is 1. The van der Waals surface area contributed by atoms with Gasteiger partial charge >= 0.3 is 0 Å². The highest BCUT2D eigenvalue weighted by Crippen LogP contribution is 2.29. The maximum absolute atomic E-state index is 13.1. The molecule has 0 unspecified atom stereocenters. The monoisotopic (exact) mass is 403 g/mol. The third-order valence-electron chi connectivity index (χ3n) is 5.36. The molecule has 0 N–H and O–H groups in total. The first-order valence-electron chi connectivity index (χ1n) is 9.82. The standard InChI is InChI=1S/C21H26FN3O2S/c22-18-3-1-17(2-4-18)20-6-5-19(28-20)15-23-7-9-24(10-8-23)16-21(26)25-11-13-27-14-12-25/h1-6H,7-16H2. The van der Waals surface area contributed by atoms with Crippen molar-refractivity contribution in [2.75, 3.05) is 59.0 Å². The molecule has 150 valence electrons. The smallest absolute Gasteiger partial charge is 0.236 e. The number of thiophene rings is 1. The van der Waals surface area contributed by atoms with Gasteiger partial charge in [-0.3, -0.25) is 14.6 Å². The minimum Gasteiger partial charge on any atom is -0.378 e. The molecule has 2 aromatic rings. The Labute approximate surface area is 169 Å². The van der Waals surface area contributed by atoms with Crippen LogP contribution in [0.5, 0.6) is 0 Å². The van der Waals surface area contributed by atoms with E-state index in [0.29, 0.717) is 32.8 Å². The van der Waals surface area contributed by atoms with E-state index in [4.69, 9.17) is 4.74 Å². The van der Waals surface area contributed by atoms with Crippen molar-refractivity contribution in [2.45, 2.75) is 6.54 Å². The largest absolute Gasteiger partial charge is 0.378 e. The van der Waals surface area contributed by atoms with Crippen molar-refractivity contribution >= 4 is 17.2 Å². The van der Waals surface area contributed by atoms with Crippen LogP contribution in [-0.2, 0) is 16.1 Å². The van der Waals surface area contributed by atoms with Crippen LogP contribution in [0, 0.1) is 5.82 Å². The van der Waals surface area contributed by atoms with Crippen molar-refractivity contribution in [2.24, 2.45) is 0 Å². The fourth-order valence-electron chi connectivity index (χ4n) is 3.66. The maximum atomic E-state index is 13.1. The number of benzene rings is 1. The fraction of sp³-hybridized carbons (Fsp3) is 0.476. The molecule has 0 saturated carbocycles.